The molecule has 76 valence electrons. The van der Waals surface area contributed by atoms with E-state index >= 15 is 0 Å². The summed E-state index contributed by atoms with van der Waals surface area (Å²) in [6.45, 7) is 9.05. The van der Waals surface area contributed by atoms with Gasteiger partial charge in [0.1, 0.15) is 0 Å². The summed E-state index contributed by atoms with van der Waals surface area (Å²) in [5, 5.41) is 0. The van der Waals surface area contributed by atoms with Crippen LogP contribution in [-0.2, 0) is 9.53 Å². The van der Waals surface area contributed by atoms with Gasteiger partial charge < -0.3 is 10.9 Å². The number of hydrogen-bond acceptors (Lipinski definition) is 3. The Balaban J connectivity index is 0. The second-order valence-corrected chi connectivity index (χ2v) is 3.04. The SMILES string of the molecule is C=CCC(C)(CC=C)C(=O)OC.N. The molecule has 0 spiro atoms. The summed E-state index contributed by atoms with van der Waals surface area (Å²) in [7, 11) is 1.40. The highest BCUT2D eigenvalue weighted by Gasteiger charge is 2.31. The molecule has 0 radical (unpaired) electrons. The molecule has 0 aromatic heterocycles. The third-order valence-electron chi connectivity index (χ3n) is 1.87. The van der Waals surface area contributed by atoms with Crippen molar-refractivity contribution in [3.8, 4) is 0 Å². The second kappa shape index (κ2) is 6.43. The van der Waals surface area contributed by atoms with E-state index in [1.165, 1.54) is 7.11 Å². The van der Waals surface area contributed by atoms with Crippen molar-refractivity contribution in [1.82, 2.24) is 6.15 Å². The van der Waals surface area contributed by atoms with E-state index in [0.29, 0.717) is 12.8 Å². The fraction of sp³-hybridized carbons (Fsp3) is 0.500. The molecule has 0 fully saturated rings. The minimum atomic E-state index is -0.488. The molecular formula is C10H19NO2. The molecule has 0 aromatic carbocycles. The van der Waals surface area contributed by atoms with Gasteiger partial charge in [-0.25, -0.2) is 0 Å². The number of carbonyl (C=O) groups is 1. The highest BCUT2D eigenvalue weighted by molar-refractivity contribution is 5.76. The van der Waals surface area contributed by atoms with Crippen LogP contribution in [0.4, 0.5) is 0 Å². The molecule has 13 heavy (non-hydrogen) atoms. The maximum atomic E-state index is 11.3. The molecule has 0 saturated carbocycles. The summed E-state index contributed by atoms with van der Waals surface area (Å²) in [6.07, 6.45) is 4.68. The van der Waals surface area contributed by atoms with E-state index < -0.39 is 5.41 Å². The fourth-order valence-electron chi connectivity index (χ4n) is 1.13. The van der Waals surface area contributed by atoms with Crippen LogP contribution in [0.1, 0.15) is 19.8 Å². The van der Waals surface area contributed by atoms with Crippen LogP contribution >= 0.6 is 0 Å². The molecule has 0 atom stereocenters. The van der Waals surface area contributed by atoms with Crippen molar-refractivity contribution in [2.24, 2.45) is 5.41 Å². The van der Waals surface area contributed by atoms with Gasteiger partial charge in [0.15, 0.2) is 0 Å². The molecule has 0 aromatic rings. The van der Waals surface area contributed by atoms with Crippen molar-refractivity contribution in [3.05, 3.63) is 25.3 Å². The largest absolute Gasteiger partial charge is 0.469 e. The van der Waals surface area contributed by atoms with E-state index in [1.54, 1.807) is 12.2 Å². The zero-order valence-electron chi connectivity index (χ0n) is 8.51. The summed E-state index contributed by atoms with van der Waals surface area (Å²) in [5.41, 5.74) is -0.488. The third-order valence-corrected chi connectivity index (χ3v) is 1.87. The van der Waals surface area contributed by atoms with Crippen molar-refractivity contribution in [3.63, 3.8) is 0 Å². The van der Waals surface area contributed by atoms with E-state index in [1.807, 2.05) is 6.92 Å². The summed E-state index contributed by atoms with van der Waals surface area (Å²) in [4.78, 5) is 11.3. The highest BCUT2D eigenvalue weighted by atomic mass is 16.5. The highest BCUT2D eigenvalue weighted by Crippen LogP contribution is 2.28. The number of esters is 1. The van der Waals surface area contributed by atoms with Crippen LogP contribution in [0.15, 0.2) is 25.3 Å². The van der Waals surface area contributed by atoms with Gasteiger partial charge in [-0.1, -0.05) is 12.2 Å². The quantitative estimate of drug-likeness (QED) is 0.528. The van der Waals surface area contributed by atoms with E-state index in [4.69, 9.17) is 0 Å². The van der Waals surface area contributed by atoms with Crippen molar-refractivity contribution in [2.45, 2.75) is 19.8 Å². The number of hydrogen-bond donors (Lipinski definition) is 1. The first-order valence-electron chi connectivity index (χ1n) is 3.91. The molecule has 0 saturated heterocycles. The molecule has 0 rings (SSSR count). The van der Waals surface area contributed by atoms with E-state index in [0.717, 1.165) is 0 Å². The van der Waals surface area contributed by atoms with Crippen molar-refractivity contribution >= 4 is 5.97 Å². The van der Waals surface area contributed by atoms with Crippen molar-refractivity contribution in [2.75, 3.05) is 7.11 Å². The summed E-state index contributed by atoms with van der Waals surface area (Å²) < 4.78 is 4.69. The maximum Gasteiger partial charge on any atom is 0.312 e. The Morgan fingerprint density at radius 1 is 1.38 bits per heavy atom. The van der Waals surface area contributed by atoms with Gasteiger partial charge in [-0.15, -0.1) is 13.2 Å². The van der Waals surface area contributed by atoms with E-state index in [9.17, 15) is 4.79 Å². The Morgan fingerprint density at radius 3 is 2.00 bits per heavy atom. The molecular weight excluding hydrogens is 166 g/mol. The van der Waals surface area contributed by atoms with Crippen LogP contribution in [-0.4, -0.2) is 13.1 Å². The summed E-state index contributed by atoms with van der Waals surface area (Å²) in [6, 6.07) is 0. The van der Waals surface area contributed by atoms with Gasteiger partial charge in [-0.3, -0.25) is 4.79 Å². The summed E-state index contributed by atoms with van der Waals surface area (Å²) in [5.74, 6) is -0.206. The van der Waals surface area contributed by atoms with Gasteiger partial charge in [0.05, 0.1) is 12.5 Å². The Kier molecular flexibility index (Phi) is 7.14. The fourth-order valence-corrected chi connectivity index (χ4v) is 1.13. The minimum Gasteiger partial charge on any atom is -0.469 e. The zero-order valence-corrected chi connectivity index (χ0v) is 8.51. The number of methoxy groups -OCH3 is 1. The molecule has 0 aliphatic carbocycles. The molecule has 3 nitrogen and oxygen atoms in total. The lowest BCUT2D eigenvalue weighted by molar-refractivity contribution is -0.151. The molecule has 0 unspecified atom stereocenters. The first-order chi connectivity index (χ1) is 5.60. The van der Waals surface area contributed by atoms with Crippen LogP contribution in [0.3, 0.4) is 0 Å². The second-order valence-electron chi connectivity index (χ2n) is 3.04. The monoisotopic (exact) mass is 185 g/mol. The minimum absolute atomic E-state index is 0. The Bertz CT molecular complexity index is 177. The summed E-state index contributed by atoms with van der Waals surface area (Å²) >= 11 is 0. The lowest BCUT2D eigenvalue weighted by Crippen LogP contribution is -2.27. The predicted molar refractivity (Wildman–Crippen MR) is 54.8 cm³/mol. The first kappa shape index (κ1) is 14.4. The normalized spacial score (nSPS) is 9.69. The molecule has 0 amide bonds. The Labute approximate surface area is 80.1 Å². The smallest absolute Gasteiger partial charge is 0.312 e. The molecule has 0 aliphatic heterocycles. The first-order valence-corrected chi connectivity index (χ1v) is 3.91. The van der Waals surface area contributed by atoms with E-state index in [-0.39, 0.29) is 12.1 Å². The van der Waals surface area contributed by atoms with Crippen LogP contribution in [0.5, 0.6) is 0 Å². The Morgan fingerprint density at radius 2 is 1.77 bits per heavy atom. The predicted octanol–water partition coefficient (Wildman–Crippen LogP) is 2.48. The number of allylic oxidation sites excluding steroid dienone is 2. The van der Waals surface area contributed by atoms with Crippen molar-refractivity contribution in [1.29, 1.82) is 0 Å². The maximum absolute atomic E-state index is 11.3. The van der Waals surface area contributed by atoms with Gasteiger partial charge in [-0.05, 0) is 19.8 Å². The molecule has 0 bridgehead atoms. The zero-order chi connectivity index (χ0) is 9.61. The van der Waals surface area contributed by atoms with Gasteiger partial charge >= 0.3 is 5.97 Å². The number of ether oxygens (including phenoxy) is 1. The molecule has 0 aliphatic rings. The molecule has 3 heteroatoms. The molecule has 3 N–H and O–H groups in total. The third kappa shape index (κ3) is 3.90. The van der Waals surface area contributed by atoms with E-state index in [2.05, 4.69) is 17.9 Å². The van der Waals surface area contributed by atoms with Crippen LogP contribution in [0.2, 0.25) is 0 Å². The van der Waals surface area contributed by atoms with Crippen LogP contribution < -0.4 is 6.15 Å². The van der Waals surface area contributed by atoms with Gasteiger partial charge in [0.2, 0.25) is 0 Å². The van der Waals surface area contributed by atoms with Crippen LogP contribution in [0, 0.1) is 5.41 Å². The van der Waals surface area contributed by atoms with Gasteiger partial charge in [0.25, 0.3) is 0 Å². The number of rotatable bonds is 5. The van der Waals surface area contributed by atoms with Crippen LogP contribution in [0.25, 0.3) is 0 Å². The number of carbonyl (C=O) groups excluding carboxylic acids is 1. The standard InChI is InChI=1S/C10H16O2.H3N/c1-5-7-10(3,8-6-2)9(11)12-4;/h5-6H,1-2,7-8H2,3-4H3;1H3. The molecule has 0 heterocycles. The van der Waals surface area contributed by atoms with Crippen molar-refractivity contribution < 1.29 is 9.53 Å². The average Bonchev–Trinajstić information content (AvgIpc) is 2.04. The lowest BCUT2D eigenvalue weighted by atomic mass is 9.83. The topological polar surface area (TPSA) is 61.3 Å². The average molecular weight is 185 g/mol. The van der Waals surface area contributed by atoms with Gasteiger partial charge in [0, 0.05) is 0 Å². The Hall–Kier alpha value is -1.09. The van der Waals surface area contributed by atoms with Gasteiger partial charge in [-0.2, -0.15) is 0 Å². The lowest BCUT2D eigenvalue weighted by Gasteiger charge is -2.23.